The molecule has 0 atom stereocenters. The summed E-state index contributed by atoms with van der Waals surface area (Å²) >= 11 is 0. The molecule has 0 aliphatic rings. The van der Waals surface area contributed by atoms with E-state index in [9.17, 15) is 0 Å². The van der Waals surface area contributed by atoms with E-state index in [-0.39, 0.29) is 0 Å². The van der Waals surface area contributed by atoms with E-state index in [2.05, 4.69) is 20.5 Å². The van der Waals surface area contributed by atoms with Gasteiger partial charge in [-0.2, -0.15) is 0 Å². The Kier molecular flexibility index (Phi) is 3.07. The zero-order valence-corrected chi connectivity index (χ0v) is 10.1. The summed E-state index contributed by atoms with van der Waals surface area (Å²) in [6, 6.07) is 3.52. The molecule has 0 unspecified atom stereocenters. The predicted molar refractivity (Wildman–Crippen MR) is 63.9 cm³/mol. The Morgan fingerprint density at radius 2 is 2.21 bits per heavy atom. The minimum Gasteiger partial charge on any atom is -0.459 e. The van der Waals surface area contributed by atoms with Crippen molar-refractivity contribution in [3.63, 3.8) is 0 Å². The molecule has 0 saturated carbocycles. The molecule has 0 fully saturated rings. The van der Waals surface area contributed by atoms with Crippen LogP contribution in [0.25, 0.3) is 11.7 Å². The maximum Gasteiger partial charge on any atom is 0.283 e. The molecule has 3 aromatic heterocycles. The summed E-state index contributed by atoms with van der Waals surface area (Å²) < 4.78 is 12.3. The maximum absolute atomic E-state index is 5.47. The topological polar surface area (TPSA) is 109 Å². The van der Waals surface area contributed by atoms with Crippen LogP contribution in [-0.2, 0) is 13.0 Å². The van der Waals surface area contributed by atoms with Gasteiger partial charge in [-0.1, -0.05) is 5.21 Å². The van der Waals surface area contributed by atoms with Crippen LogP contribution in [0.15, 0.2) is 33.4 Å². The van der Waals surface area contributed by atoms with Crippen molar-refractivity contribution in [2.24, 2.45) is 5.73 Å². The number of hydrogen-bond acceptors (Lipinski definition) is 7. The van der Waals surface area contributed by atoms with Gasteiger partial charge in [0.05, 0.1) is 12.0 Å². The number of aromatic nitrogens is 5. The lowest BCUT2D eigenvalue weighted by atomic mass is 10.3. The summed E-state index contributed by atoms with van der Waals surface area (Å²) in [5.74, 6) is 1.33. The summed E-state index contributed by atoms with van der Waals surface area (Å²) in [7, 11) is 0. The molecule has 0 aliphatic heterocycles. The van der Waals surface area contributed by atoms with E-state index in [1.165, 1.54) is 0 Å². The molecule has 2 N–H and O–H groups in total. The molecule has 0 aliphatic carbocycles. The average molecular weight is 260 g/mol. The molecule has 0 radical (unpaired) electrons. The quantitative estimate of drug-likeness (QED) is 0.710. The van der Waals surface area contributed by atoms with Crippen molar-refractivity contribution in [3.05, 3.63) is 36.2 Å². The number of nitrogens with zero attached hydrogens (tertiary/aromatic N) is 5. The van der Waals surface area contributed by atoms with Crippen LogP contribution >= 0.6 is 0 Å². The highest BCUT2D eigenvalue weighted by molar-refractivity contribution is 5.42. The van der Waals surface area contributed by atoms with Gasteiger partial charge in [0.25, 0.3) is 5.89 Å². The first kappa shape index (κ1) is 11.6. The second-order valence-corrected chi connectivity index (χ2v) is 3.92. The van der Waals surface area contributed by atoms with Gasteiger partial charge in [0.15, 0.2) is 5.76 Å². The Hall–Kier alpha value is -2.48. The summed E-state index contributed by atoms with van der Waals surface area (Å²) in [4.78, 5) is 0. The third-order valence-electron chi connectivity index (χ3n) is 2.48. The van der Waals surface area contributed by atoms with Crippen LogP contribution in [0.4, 0.5) is 0 Å². The monoisotopic (exact) mass is 260 g/mol. The van der Waals surface area contributed by atoms with Crippen LogP contribution < -0.4 is 5.73 Å². The highest BCUT2D eigenvalue weighted by Crippen LogP contribution is 2.17. The highest BCUT2D eigenvalue weighted by Gasteiger charge is 2.11. The van der Waals surface area contributed by atoms with Crippen LogP contribution in [0.3, 0.4) is 0 Å². The summed E-state index contributed by atoms with van der Waals surface area (Å²) in [6.45, 7) is 0.910. The number of rotatable bonds is 5. The van der Waals surface area contributed by atoms with Gasteiger partial charge in [0.2, 0.25) is 5.89 Å². The van der Waals surface area contributed by atoms with Crippen LogP contribution in [0.2, 0.25) is 0 Å². The third-order valence-corrected chi connectivity index (χ3v) is 2.48. The largest absolute Gasteiger partial charge is 0.459 e. The van der Waals surface area contributed by atoms with Gasteiger partial charge in [-0.05, 0) is 18.7 Å². The van der Waals surface area contributed by atoms with E-state index in [1.54, 1.807) is 23.1 Å². The van der Waals surface area contributed by atoms with Crippen molar-refractivity contribution >= 4 is 0 Å². The van der Waals surface area contributed by atoms with E-state index in [4.69, 9.17) is 14.6 Å². The lowest BCUT2D eigenvalue weighted by Crippen LogP contribution is -2.03. The molecule has 3 heterocycles. The van der Waals surface area contributed by atoms with Crippen LogP contribution in [0.5, 0.6) is 0 Å². The molecule has 19 heavy (non-hydrogen) atoms. The number of nitrogens with two attached hydrogens (primary N) is 1. The molecular formula is C11H12N6O2. The summed E-state index contributed by atoms with van der Waals surface area (Å²) in [5, 5.41) is 15.8. The van der Waals surface area contributed by atoms with Crippen molar-refractivity contribution in [1.29, 1.82) is 0 Å². The Morgan fingerprint density at radius 1 is 1.26 bits per heavy atom. The molecule has 3 rings (SSSR count). The van der Waals surface area contributed by atoms with E-state index in [0.717, 1.165) is 5.69 Å². The van der Waals surface area contributed by atoms with Gasteiger partial charge in [0, 0.05) is 12.6 Å². The molecular weight excluding hydrogens is 248 g/mol. The third kappa shape index (κ3) is 2.52. The summed E-state index contributed by atoms with van der Waals surface area (Å²) in [6.07, 6.45) is 4.06. The Balaban J connectivity index is 1.72. The fourth-order valence-corrected chi connectivity index (χ4v) is 1.63. The Bertz CT molecular complexity index is 642. The van der Waals surface area contributed by atoms with Crippen molar-refractivity contribution in [2.75, 3.05) is 6.54 Å². The minimum atomic E-state index is 0.349. The van der Waals surface area contributed by atoms with Gasteiger partial charge in [-0.3, -0.25) is 0 Å². The maximum atomic E-state index is 5.47. The lowest BCUT2D eigenvalue weighted by molar-refractivity contribution is 0.454. The smallest absolute Gasteiger partial charge is 0.283 e. The molecule has 0 saturated heterocycles. The van der Waals surface area contributed by atoms with Crippen LogP contribution in [0.1, 0.15) is 11.6 Å². The van der Waals surface area contributed by atoms with Gasteiger partial charge in [-0.25, -0.2) is 4.68 Å². The first-order chi connectivity index (χ1) is 9.35. The zero-order chi connectivity index (χ0) is 13.1. The van der Waals surface area contributed by atoms with Gasteiger partial charge < -0.3 is 14.6 Å². The predicted octanol–water partition coefficient (Wildman–Crippen LogP) is 0.471. The van der Waals surface area contributed by atoms with Crippen molar-refractivity contribution in [2.45, 2.75) is 13.0 Å². The summed E-state index contributed by atoms with van der Waals surface area (Å²) in [5.41, 5.74) is 6.29. The fourth-order valence-electron chi connectivity index (χ4n) is 1.63. The molecule has 8 heteroatoms. The molecule has 0 aromatic carbocycles. The zero-order valence-electron chi connectivity index (χ0n) is 10.1. The Morgan fingerprint density at radius 3 is 3.00 bits per heavy atom. The second kappa shape index (κ2) is 5.02. The number of furan rings is 1. The first-order valence-corrected chi connectivity index (χ1v) is 5.80. The second-order valence-electron chi connectivity index (χ2n) is 3.92. The van der Waals surface area contributed by atoms with Gasteiger partial charge in [0.1, 0.15) is 6.54 Å². The SMILES string of the molecule is NCCc1cn(Cc2nnc(-c3ccco3)o2)nn1. The standard InChI is InChI=1S/C11H12N6O2/c12-4-3-8-6-17(16-13-8)7-10-14-15-11(19-10)9-2-1-5-18-9/h1-2,5-6H,3-4,7,12H2. The molecule has 0 spiro atoms. The van der Waals surface area contributed by atoms with E-state index < -0.39 is 0 Å². The minimum absolute atomic E-state index is 0.349. The van der Waals surface area contributed by atoms with Crippen molar-refractivity contribution in [3.8, 4) is 11.7 Å². The van der Waals surface area contributed by atoms with Crippen LogP contribution in [-0.4, -0.2) is 31.7 Å². The normalized spacial score (nSPS) is 11.0. The van der Waals surface area contributed by atoms with Gasteiger partial charge >= 0.3 is 0 Å². The van der Waals surface area contributed by atoms with E-state index in [0.29, 0.717) is 37.1 Å². The molecule has 0 bridgehead atoms. The lowest BCUT2D eigenvalue weighted by Gasteiger charge is -1.93. The fraction of sp³-hybridized carbons (Fsp3) is 0.273. The van der Waals surface area contributed by atoms with Gasteiger partial charge in [-0.15, -0.1) is 15.3 Å². The molecule has 0 amide bonds. The first-order valence-electron chi connectivity index (χ1n) is 5.80. The van der Waals surface area contributed by atoms with Crippen LogP contribution in [0, 0.1) is 0 Å². The van der Waals surface area contributed by atoms with Crippen molar-refractivity contribution < 1.29 is 8.83 Å². The van der Waals surface area contributed by atoms with E-state index in [1.807, 2.05) is 6.20 Å². The molecule has 3 aromatic rings. The number of hydrogen-bond donors (Lipinski definition) is 1. The van der Waals surface area contributed by atoms with E-state index >= 15 is 0 Å². The Labute approximate surface area is 108 Å². The average Bonchev–Trinajstić information content (AvgIpc) is 3.10. The molecule has 8 nitrogen and oxygen atoms in total. The highest BCUT2D eigenvalue weighted by atomic mass is 16.4. The molecule has 98 valence electrons. The van der Waals surface area contributed by atoms with Crippen molar-refractivity contribution in [1.82, 2.24) is 25.2 Å².